The maximum atomic E-state index is 12.0. The van der Waals surface area contributed by atoms with Crippen molar-refractivity contribution >= 4 is 5.97 Å². The number of hydrogen-bond acceptors (Lipinski definition) is 4. The third-order valence-electron chi connectivity index (χ3n) is 5.68. The van der Waals surface area contributed by atoms with Crippen LogP contribution in [0.25, 0.3) is 0 Å². The Morgan fingerprint density at radius 2 is 2.17 bits per heavy atom. The molecule has 0 unspecified atom stereocenters. The summed E-state index contributed by atoms with van der Waals surface area (Å²) in [4.78, 5) is 12.0. The molecule has 0 aromatic rings. The molecule has 2 aliphatic heterocycles. The molecule has 3 rings (SSSR count). The van der Waals surface area contributed by atoms with E-state index in [0.29, 0.717) is 5.57 Å². The summed E-state index contributed by atoms with van der Waals surface area (Å²) in [6.45, 7) is 8.29. The van der Waals surface area contributed by atoms with Crippen LogP contribution in [0.15, 0.2) is 35.5 Å². The van der Waals surface area contributed by atoms with Crippen LogP contribution in [0.2, 0.25) is 0 Å². The van der Waals surface area contributed by atoms with Crippen molar-refractivity contribution in [1.29, 1.82) is 0 Å². The van der Waals surface area contributed by atoms with Gasteiger partial charge in [0.2, 0.25) is 0 Å². The number of epoxide rings is 1. The number of esters is 1. The first-order valence-corrected chi connectivity index (χ1v) is 8.95. The van der Waals surface area contributed by atoms with E-state index in [-0.39, 0.29) is 36.3 Å². The summed E-state index contributed by atoms with van der Waals surface area (Å²) >= 11 is 0. The Kier molecular flexibility index (Phi) is 4.97. The standard InChI is InChI=1S/C20H28O4/c1-13-6-4-7-15(12-21)8-5-9-20(3)18(24-20)11-16-14(2)19(22)23-17(16)10-13/h6,8,16-18,21H,2,4-5,7,9-12H2,1,3H3/b13-6+,15-8+/t16-,17+,18+,20-/m1/s1. The number of allylic oxidation sites excluding steroid dienone is 2. The molecule has 0 spiro atoms. The van der Waals surface area contributed by atoms with Crippen LogP contribution in [0.1, 0.15) is 52.4 Å². The van der Waals surface area contributed by atoms with Gasteiger partial charge in [0.25, 0.3) is 0 Å². The molecule has 0 aromatic carbocycles. The molecule has 24 heavy (non-hydrogen) atoms. The van der Waals surface area contributed by atoms with Gasteiger partial charge in [0.05, 0.1) is 18.3 Å². The van der Waals surface area contributed by atoms with Crippen molar-refractivity contribution in [2.75, 3.05) is 6.61 Å². The van der Waals surface area contributed by atoms with Gasteiger partial charge in [0.1, 0.15) is 6.10 Å². The van der Waals surface area contributed by atoms with Crippen LogP contribution in [0.4, 0.5) is 0 Å². The van der Waals surface area contributed by atoms with Gasteiger partial charge in [-0.2, -0.15) is 0 Å². The van der Waals surface area contributed by atoms with Gasteiger partial charge in [0.15, 0.2) is 0 Å². The molecule has 0 radical (unpaired) electrons. The van der Waals surface area contributed by atoms with Crippen LogP contribution in [0.3, 0.4) is 0 Å². The van der Waals surface area contributed by atoms with E-state index in [1.54, 1.807) is 0 Å². The Morgan fingerprint density at radius 3 is 2.92 bits per heavy atom. The molecule has 0 saturated carbocycles. The monoisotopic (exact) mass is 332 g/mol. The van der Waals surface area contributed by atoms with Gasteiger partial charge < -0.3 is 14.6 Å². The van der Waals surface area contributed by atoms with Crippen LogP contribution in [-0.4, -0.2) is 35.5 Å². The molecule has 0 aromatic heterocycles. The Morgan fingerprint density at radius 1 is 1.38 bits per heavy atom. The Balaban J connectivity index is 1.78. The Bertz CT molecular complexity index is 588. The fraction of sp³-hybridized carbons (Fsp3) is 0.650. The van der Waals surface area contributed by atoms with E-state index in [2.05, 4.69) is 32.6 Å². The lowest BCUT2D eigenvalue weighted by molar-refractivity contribution is -0.139. The number of rotatable bonds is 1. The SMILES string of the molecule is C=C1C(=O)O[C@H]2C/C(C)=C/CC/C(CO)=C\CC[C@@]3(C)O[C@H]3C[C@H]12. The molecule has 2 fully saturated rings. The third kappa shape index (κ3) is 3.65. The molecule has 2 saturated heterocycles. The van der Waals surface area contributed by atoms with Gasteiger partial charge in [0, 0.05) is 17.9 Å². The average molecular weight is 332 g/mol. The highest BCUT2D eigenvalue weighted by Gasteiger charge is 2.54. The maximum Gasteiger partial charge on any atom is 0.334 e. The largest absolute Gasteiger partial charge is 0.458 e. The summed E-state index contributed by atoms with van der Waals surface area (Å²) in [5.41, 5.74) is 2.79. The minimum absolute atomic E-state index is 0.0548. The molecule has 2 heterocycles. The molecule has 0 amide bonds. The van der Waals surface area contributed by atoms with Gasteiger partial charge in [-0.15, -0.1) is 0 Å². The van der Waals surface area contributed by atoms with E-state index in [0.717, 1.165) is 44.1 Å². The van der Waals surface area contributed by atoms with Gasteiger partial charge in [-0.25, -0.2) is 4.79 Å². The molecular formula is C20H28O4. The quantitative estimate of drug-likeness (QED) is 0.346. The van der Waals surface area contributed by atoms with Crippen LogP contribution in [-0.2, 0) is 14.3 Å². The number of aliphatic hydroxyl groups is 1. The van der Waals surface area contributed by atoms with E-state index in [4.69, 9.17) is 9.47 Å². The predicted molar refractivity (Wildman–Crippen MR) is 92.4 cm³/mol. The summed E-state index contributed by atoms with van der Waals surface area (Å²) in [7, 11) is 0. The fourth-order valence-corrected chi connectivity index (χ4v) is 3.90. The number of aliphatic hydroxyl groups excluding tert-OH is 1. The predicted octanol–water partition coefficient (Wildman–Crippen LogP) is 3.46. The van der Waals surface area contributed by atoms with E-state index in [1.165, 1.54) is 5.57 Å². The fourth-order valence-electron chi connectivity index (χ4n) is 3.90. The molecule has 4 nitrogen and oxygen atoms in total. The molecule has 4 atom stereocenters. The number of ether oxygens (including phenoxy) is 2. The van der Waals surface area contributed by atoms with Crippen LogP contribution in [0.5, 0.6) is 0 Å². The summed E-state index contributed by atoms with van der Waals surface area (Å²) < 4.78 is 11.5. The lowest BCUT2D eigenvalue weighted by atomic mass is 9.85. The highest BCUT2D eigenvalue weighted by molar-refractivity contribution is 5.90. The van der Waals surface area contributed by atoms with Crippen LogP contribution in [0, 0.1) is 5.92 Å². The first-order chi connectivity index (χ1) is 11.4. The van der Waals surface area contributed by atoms with Crippen LogP contribution >= 0.6 is 0 Å². The van der Waals surface area contributed by atoms with Gasteiger partial charge >= 0.3 is 5.97 Å². The van der Waals surface area contributed by atoms with Crippen molar-refractivity contribution in [1.82, 2.24) is 0 Å². The Hall–Kier alpha value is -1.39. The lowest BCUT2D eigenvalue weighted by Gasteiger charge is -2.18. The van der Waals surface area contributed by atoms with Crippen LogP contribution < -0.4 is 0 Å². The molecule has 1 N–H and O–H groups in total. The van der Waals surface area contributed by atoms with Crippen molar-refractivity contribution in [3.05, 3.63) is 35.5 Å². The minimum Gasteiger partial charge on any atom is -0.458 e. The van der Waals surface area contributed by atoms with Gasteiger partial charge in [-0.05, 0) is 51.5 Å². The zero-order valence-electron chi connectivity index (χ0n) is 14.7. The van der Waals surface area contributed by atoms with Gasteiger partial charge in [-0.3, -0.25) is 0 Å². The topological polar surface area (TPSA) is 59.1 Å². The van der Waals surface area contributed by atoms with E-state index in [9.17, 15) is 9.90 Å². The molecule has 0 bridgehead atoms. The van der Waals surface area contributed by atoms with Crippen molar-refractivity contribution in [2.45, 2.75) is 70.2 Å². The molecule has 3 aliphatic rings. The number of fused-ring (bicyclic) bond motifs is 2. The smallest absolute Gasteiger partial charge is 0.334 e. The summed E-state index contributed by atoms with van der Waals surface area (Å²) in [5.74, 6) is -0.201. The van der Waals surface area contributed by atoms with Crippen molar-refractivity contribution in [3.63, 3.8) is 0 Å². The average Bonchev–Trinajstić information content (AvgIpc) is 3.10. The first-order valence-electron chi connectivity index (χ1n) is 8.95. The molecular weight excluding hydrogens is 304 g/mol. The second-order valence-corrected chi connectivity index (χ2v) is 7.58. The van der Waals surface area contributed by atoms with Gasteiger partial charge in [-0.1, -0.05) is 24.3 Å². The molecule has 4 heteroatoms. The third-order valence-corrected chi connectivity index (χ3v) is 5.68. The minimum atomic E-state index is -0.256. The first kappa shape index (κ1) is 17.4. The second-order valence-electron chi connectivity index (χ2n) is 7.58. The van der Waals surface area contributed by atoms with E-state index >= 15 is 0 Å². The summed E-state index contributed by atoms with van der Waals surface area (Å²) in [6.07, 6.45) is 9.57. The summed E-state index contributed by atoms with van der Waals surface area (Å²) in [5, 5.41) is 9.50. The van der Waals surface area contributed by atoms with Crippen molar-refractivity contribution in [2.24, 2.45) is 5.92 Å². The zero-order valence-corrected chi connectivity index (χ0v) is 14.7. The zero-order chi connectivity index (χ0) is 17.3. The highest BCUT2D eigenvalue weighted by atomic mass is 16.6. The second kappa shape index (κ2) is 6.85. The molecule has 1 aliphatic carbocycles. The normalized spacial score (nSPS) is 41.9. The van der Waals surface area contributed by atoms with Crippen molar-refractivity contribution in [3.8, 4) is 0 Å². The number of carbonyl (C=O) groups excluding carboxylic acids is 1. The van der Waals surface area contributed by atoms with E-state index < -0.39 is 0 Å². The Labute approximate surface area is 144 Å². The molecule has 132 valence electrons. The number of carbonyl (C=O) groups is 1. The van der Waals surface area contributed by atoms with Crippen molar-refractivity contribution < 1.29 is 19.4 Å². The highest BCUT2D eigenvalue weighted by Crippen LogP contribution is 2.47. The lowest BCUT2D eigenvalue weighted by Crippen LogP contribution is -2.21. The summed E-state index contributed by atoms with van der Waals surface area (Å²) in [6, 6.07) is 0. The number of hydrogen-bond donors (Lipinski definition) is 1. The van der Waals surface area contributed by atoms with E-state index in [1.807, 2.05) is 0 Å². The maximum absolute atomic E-state index is 12.0.